The SMILES string of the molecule is CC1=C(C)C(C2C=C(c3ccccc3)c3cc(C)c(C)cc32)C(C)=C1C. The van der Waals surface area contributed by atoms with Gasteiger partial charge in [-0.2, -0.15) is 0 Å². The lowest BCUT2D eigenvalue weighted by atomic mass is 9.80. The Bertz CT molecular complexity index is 956. The number of hydrogen-bond donors (Lipinski definition) is 0. The van der Waals surface area contributed by atoms with E-state index in [1.54, 1.807) is 11.1 Å². The van der Waals surface area contributed by atoms with Crippen molar-refractivity contribution in [2.45, 2.75) is 47.5 Å². The molecule has 2 aromatic rings. The molecule has 2 aromatic carbocycles. The smallest absolute Gasteiger partial charge is 0.0137 e. The molecule has 0 heterocycles. The fourth-order valence-electron chi connectivity index (χ4n) is 4.77. The Morgan fingerprint density at radius 1 is 0.692 bits per heavy atom. The van der Waals surface area contributed by atoms with E-state index in [1.165, 1.54) is 44.5 Å². The summed E-state index contributed by atoms with van der Waals surface area (Å²) in [5.41, 5.74) is 14.5. The maximum Gasteiger partial charge on any atom is 0.0137 e. The molecular weight excluding hydrogens is 312 g/mol. The van der Waals surface area contributed by atoms with E-state index in [2.05, 4.69) is 90.1 Å². The van der Waals surface area contributed by atoms with Gasteiger partial charge in [0.15, 0.2) is 0 Å². The Balaban J connectivity index is 1.93. The maximum absolute atomic E-state index is 2.53. The fourth-order valence-corrected chi connectivity index (χ4v) is 4.77. The van der Waals surface area contributed by atoms with Crippen molar-refractivity contribution in [3.8, 4) is 0 Å². The highest BCUT2D eigenvalue weighted by atomic mass is 14.4. The summed E-state index contributed by atoms with van der Waals surface area (Å²) in [6.07, 6.45) is 2.53. The van der Waals surface area contributed by atoms with E-state index in [0.29, 0.717) is 11.8 Å². The summed E-state index contributed by atoms with van der Waals surface area (Å²) in [5.74, 6) is 0.934. The Morgan fingerprint density at radius 2 is 1.27 bits per heavy atom. The standard InChI is InChI=1S/C26H28/c1-15-12-23-22(21-10-8-7-9-11-21)14-25(24(23)13-16(15)2)26-19(5)17(3)18(4)20(26)6/h7-14,25-26H,1-6H3. The molecule has 132 valence electrons. The van der Waals surface area contributed by atoms with Crippen molar-refractivity contribution in [2.24, 2.45) is 5.92 Å². The number of aryl methyl sites for hydroxylation is 2. The lowest BCUT2D eigenvalue weighted by Gasteiger charge is -2.23. The van der Waals surface area contributed by atoms with Gasteiger partial charge in [-0.05, 0) is 86.1 Å². The lowest BCUT2D eigenvalue weighted by Crippen LogP contribution is -2.11. The minimum absolute atomic E-state index is 0.437. The minimum atomic E-state index is 0.437. The predicted molar refractivity (Wildman–Crippen MR) is 112 cm³/mol. The summed E-state index contributed by atoms with van der Waals surface area (Å²) in [7, 11) is 0. The first-order valence-electron chi connectivity index (χ1n) is 9.64. The Kier molecular flexibility index (Phi) is 4.03. The van der Waals surface area contributed by atoms with Gasteiger partial charge in [0.2, 0.25) is 0 Å². The van der Waals surface area contributed by atoms with E-state index in [9.17, 15) is 0 Å². The van der Waals surface area contributed by atoms with Crippen molar-refractivity contribution < 1.29 is 0 Å². The summed E-state index contributed by atoms with van der Waals surface area (Å²) in [6, 6.07) is 15.7. The first kappa shape index (κ1) is 17.1. The summed E-state index contributed by atoms with van der Waals surface area (Å²) < 4.78 is 0. The van der Waals surface area contributed by atoms with Crippen LogP contribution in [-0.4, -0.2) is 0 Å². The van der Waals surface area contributed by atoms with Gasteiger partial charge in [-0.1, -0.05) is 59.7 Å². The number of rotatable bonds is 2. The van der Waals surface area contributed by atoms with Crippen molar-refractivity contribution in [3.63, 3.8) is 0 Å². The van der Waals surface area contributed by atoms with Crippen LogP contribution in [0.15, 0.2) is 70.8 Å². The summed E-state index contributed by atoms with van der Waals surface area (Å²) in [6.45, 7) is 13.7. The van der Waals surface area contributed by atoms with Crippen molar-refractivity contribution in [1.82, 2.24) is 0 Å². The van der Waals surface area contributed by atoms with E-state index < -0.39 is 0 Å². The van der Waals surface area contributed by atoms with Crippen LogP contribution in [-0.2, 0) is 0 Å². The van der Waals surface area contributed by atoms with Crippen LogP contribution in [0, 0.1) is 19.8 Å². The highest BCUT2D eigenvalue weighted by Crippen LogP contribution is 2.51. The van der Waals surface area contributed by atoms with Crippen LogP contribution in [0.3, 0.4) is 0 Å². The van der Waals surface area contributed by atoms with Crippen LogP contribution >= 0.6 is 0 Å². The van der Waals surface area contributed by atoms with Crippen molar-refractivity contribution >= 4 is 5.57 Å². The monoisotopic (exact) mass is 340 g/mol. The second-order valence-corrected chi connectivity index (χ2v) is 8.09. The van der Waals surface area contributed by atoms with Crippen molar-refractivity contribution in [1.29, 1.82) is 0 Å². The van der Waals surface area contributed by atoms with Crippen molar-refractivity contribution in [2.75, 3.05) is 0 Å². The van der Waals surface area contributed by atoms with Crippen LogP contribution in [0.1, 0.15) is 61.4 Å². The van der Waals surface area contributed by atoms with Gasteiger partial charge in [0.25, 0.3) is 0 Å². The van der Waals surface area contributed by atoms with Gasteiger partial charge in [-0.3, -0.25) is 0 Å². The number of benzene rings is 2. The van der Waals surface area contributed by atoms with E-state index >= 15 is 0 Å². The number of fused-ring (bicyclic) bond motifs is 1. The van der Waals surface area contributed by atoms with Gasteiger partial charge in [0.05, 0.1) is 0 Å². The molecule has 0 spiro atoms. The first-order chi connectivity index (χ1) is 12.4. The molecule has 0 bridgehead atoms. The van der Waals surface area contributed by atoms with Crippen LogP contribution in [0.5, 0.6) is 0 Å². The molecule has 1 atom stereocenters. The third kappa shape index (κ3) is 2.43. The van der Waals surface area contributed by atoms with Crippen LogP contribution in [0.25, 0.3) is 5.57 Å². The normalized spacial score (nSPS) is 20.1. The molecule has 0 fully saturated rings. The minimum Gasteiger partial charge on any atom is -0.0676 e. The van der Waals surface area contributed by atoms with Gasteiger partial charge in [0.1, 0.15) is 0 Å². The van der Waals surface area contributed by atoms with Crippen LogP contribution in [0.4, 0.5) is 0 Å². The molecule has 0 N–H and O–H groups in total. The molecule has 4 rings (SSSR count). The average Bonchev–Trinajstić information content (AvgIpc) is 3.07. The number of allylic oxidation sites excluding steroid dienone is 5. The molecule has 0 heteroatoms. The van der Waals surface area contributed by atoms with Gasteiger partial charge in [-0.25, -0.2) is 0 Å². The van der Waals surface area contributed by atoms with Gasteiger partial charge >= 0.3 is 0 Å². The number of hydrogen-bond acceptors (Lipinski definition) is 0. The van der Waals surface area contributed by atoms with Crippen LogP contribution < -0.4 is 0 Å². The summed E-state index contributed by atoms with van der Waals surface area (Å²) >= 11 is 0. The highest BCUT2D eigenvalue weighted by Gasteiger charge is 2.36. The Morgan fingerprint density at radius 3 is 1.88 bits per heavy atom. The summed E-state index contributed by atoms with van der Waals surface area (Å²) in [5, 5.41) is 0. The molecule has 0 saturated carbocycles. The highest BCUT2D eigenvalue weighted by molar-refractivity contribution is 5.87. The van der Waals surface area contributed by atoms with E-state index in [4.69, 9.17) is 0 Å². The molecule has 0 aliphatic heterocycles. The third-order valence-electron chi connectivity index (χ3n) is 6.78. The molecule has 2 aliphatic carbocycles. The Hall–Kier alpha value is -2.34. The predicted octanol–water partition coefficient (Wildman–Crippen LogP) is 7.13. The van der Waals surface area contributed by atoms with Crippen LogP contribution in [0.2, 0.25) is 0 Å². The zero-order valence-electron chi connectivity index (χ0n) is 16.8. The van der Waals surface area contributed by atoms with Gasteiger partial charge < -0.3 is 0 Å². The first-order valence-corrected chi connectivity index (χ1v) is 9.64. The molecule has 0 amide bonds. The molecule has 0 nitrogen and oxygen atoms in total. The second-order valence-electron chi connectivity index (χ2n) is 8.09. The zero-order valence-corrected chi connectivity index (χ0v) is 16.8. The molecule has 0 saturated heterocycles. The van der Waals surface area contributed by atoms with Gasteiger partial charge in [0, 0.05) is 11.8 Å². The second kappa shape index (κ2) is 6.13. The zero-order chi connectivity index (χ0) is 18.6. The van der Waals surface area contributed by atoms with E-state index in [1.807, 2.05) is 0 Å². The van der Waals surface area contributed by atoms with Crippen molar-refractivity contribution in [3.05, 3.63) is 98.7 Å². The topological polar surface area (TPSA) is 0 Å². The fraction of sp³-hybridized carbons (Fsp3) is 0.308. The van der Waals surface area contributed by atoms with Gasteiger partial charge in [-0.15, -0.1) is 0 Å². The Labute approximate surface area is 158 Å². The molecule has 2 aliphatic rings. The molecule has 0 aromatic heterocycles. The van der Waals surface area contributed by atoms with E-state index in [-0.39, 0.29) is 0 Å². The molecule has 1 unspecified atom stereocenters. The molecular formula is C26H28. The maximum atomic E-state index is 2.53. The lowest BCUT2D eigenvalue weighted by molar-refractivity contribution is 0.647. The third-order valence-corrected chi connectivity index (χ3v) is 6.78. The van der Waals surface area contributed by atoms with E-state index in [0.717, 1.165) is 0 Å². The molecule has 26 heavy (non-hydrogen) atoms. The quantitative estimate of drug-likeness (QED) is 0.545. The molecule has 0 radical (unpaired) electrons. The largest absolute Gasteiger partial charge is 0.0676 e. The average molecular weight is 341 g/mol. The summed E-state index contributed by atoms with van der Waals surface area (Å²) in [4.78, 5) is 0.